The monoisotopic (exact) mass is 315 g/mol. The van der Waals surface area contributed by atoms with Crippen LogP contribution in [0.2, 0.25) is 0 Å². The Kier molecular flexibility index (Phi) is 5.92. The highest BCUT2D eigenvalue weighted by atomic mass is 35.5. The third-order valence-corrected chi connectivity index (χ3v) is 3.51. The second-order valence-electron chi connectivity index (χ2n) is 4.67. The number of rotatable bonds is 4. The number of ether oxygens (including phenoxy) is 1. The second-order valence-corrected chi connectivity index (χ2v) is 4.67. The first kappa shape index (κ1) is 17.2. The fourth-order valence-corrected chi connectivity index (χ4v) is 2.32. The van der Waals surface area contributed by atoms with Crippen LogP contribution in [0.3, 0.4) is 0 Å². The summed E-state index contributed by atoms with van der Waals surface area (Å²) < 4.78 is 4.98. The topological polar surface area (TPSA) is 84.7 Å². The van der Waals surface area contributed by atoms with Gasteiger partial charge in [-0.3, -0.25) is 14.9 Å². The molecular formula is C13H18ClN3O4. The summed E-state index contributed by atoms with van der Waals surface area (Å²) in [5.74, 6) is -0.0267. The highest BCUT2D eigenvalue weighted by Crippen LogP contribution is 2.28. The molecule has 1 saturated heterocycles. The van der Waals surface area contributed by atoms with Crippen LogP contribution in [0.4, 0.5) is 5.69 Å². The molecule has 1 amide bonds. The van der Waals surface area contributed by atoms with Crippen molar-refractivity contribution in [1.82, 2.24) is 10.2 Å². The summed E-state index contributed by atoms with van der Waals surface area (Å²) in [6, 6.07) is 4.50. The van der Waals surface area contributed by atoms with Gasteiger partial charge < -0.3 is 15.0 Å². The van der Waals surface area contributed by atoms with E-state index in [-0.39, 0.29) is 29.8 Å². The average Bonchev–Trinajstić information content (AvgIpc) is 2.94. The zero-order chi connectivity index (χ0) is 14.7. The molecule has 1 aliphatic rings. The van der Waals surface area contributed by atoms with Crippen LogP contribution in [0, 0.1) is 10.1 Å². The normalized spacial score (nSPS) is 17.2. The maximum atomic E-state index is 12.3. The van der Waals surface area contributed by atoms with E-state index in [1.54, 1.807) is 4.90 Å². The van der Waals surface area contributed by atoms with Crippen LogP contribution in [-0.4, -0.2) is 49.0 Å². The fourth-order valence-electron chi connectivity index (χ4n) is 2.32. The minimum atomic E-state index is -0.528. The zero-order valence-electron chi connectivity index (χ0n) is 11.9. The van der Waals surface area contributed by atoms with Crippen LogP contribution >= 0.6 is 12.4 Å². The number of likely N-dealkylation sites (tertiary alicyclic amines) is 1. The van der Waals surface area contributed by atoms with Crippen molar-refractivity contribution in [3.63, 3.8) is 0 Å². The molecule has 1 fully saturated rings. The van der Waals surface area contributed by atoms with Gasteiger partial charge in [-0.2, -0.15) is 0 Å². The molecule has 0 bridgehead atoms. The highest BCUT2D eigenvalue weighted by molar-refractivity contribution is 5.95. The molecule has 1 unspecified atom stereocenters. The number of likely N-dealkylation sites (N-methyl/N-ethyl adjacent to an activating group) is 1. The van der Waals surface area contributed by atoms with Crippen LogP contribution in [0.25, 0.3) is 0 Å². The van der Waals surface area contributed by atoms with E-state index in [4.69, 9.17) is 4.74 Å². The van der Waals surface area contributed by atoms with E-state index in [1.807, 2.05) is 7.05 Å². The van der Waals surface area contributed by atoms with Crippen molar-refractivity contribution in [3.8, 4) is 5.75 Å². The van der Waals surface area contributed by atoms with Gasteiger partial charge in [0, 0.05) is 36.8 Å². The van der Waals surface area contributed by atoms with Crippen LogP contribution in [-0.2, 0) is 0 Å². The molecule has 0 aliphatic carbocycles. The molecule has 116 valence electrons. The number of carbonyl (C=O) groups is 1. The first-order valence-electron chi connectivity index (χ1n) is 6.35. The Labute approximate surface area is 128 Å². The number of methoxy groups -OCH3 is 1. The van der Waals surface area contributed by atoms with E-state index in [2.05, 4.69) is 5.32 Å². The molecule has 0 aromatic heterocycles. The predicted molar refractivity (Wildman–Crippen MR) is 80.3 cm³/mol. The van der Waals surface area contributed by atoms with E-state index < -0.39 is 4.92 Å². The quantitative estimate of drug-likeness (QED) is 0.671. The highest BCUT2D eigenvalue weighted by Gasteiger charge is 2.27. The lowest BCUT2D eigenvalue weighted by atomic mass is 10.1. The Morgan fingerprint density at radius 1 is 1.52 bits per heavy atom. The van der Waals surface area contributed by atoms with Gasteiger partial charge in [-0.05, 0) is 19.5 Å². The van der Waals surface area contributed by atoms with Gasteiger partial charge >= 0.3 is 5.69 Å². The van der Waals surface area contributed by atoms with Gasteiger partial charge in [0.25, 0.3) is 5.91 Å². The Morgan fingerprint density at radius 3 is 2.76 bits per heavy atom. The average molecular weight is 316 g/mol. The minimum Gasteiger partial charge on any atom is -0.490 e. The molecule has 1 aliphatic heterocycles. The molecule has 2 rings (SSSR count). The lowest BCUT2D eigenvalue weighted by Crippen LogP contribution is -2.33. The summed E-state index contributed by atoms with van der Waals surface area (Å²) in [5.41, 5.74) is 0.266. The van der Waals surface area contributed by atoms with Gasteiger partial charge in [-0.25, -0.2) is 0 Å². The van der Waals surface area contributed by atoms with Gasteiger partial charge in [0.15, 0.2) is 5.75 Å². The summed E-state index contributed by atoms with van der Waals surface area (Å²) in [6.45, 7) is 1.33. The molecule has 21 heavy (non-hydrogen) atoms. The van der Waals surface area contributed by atoms with Crippen molar-refractivity contribution in [2.45, 2.75) is 12.5 Å². The number of nitro benzene ring substituents is 1. The van der Waals surface area contributed by atoms with Gasteiger partial charge in [0.1, 0.15) is 0 Å². The van der Waals surface area contributed by atoms with E-state index >= 15 is 0 Å². The summed E-state index contributed by atoms with van der Waals surface area (Å²) in [6.07, 6.45) is 0.909. The minimum absolute atomic E-state index is 0. The van der Waals surface area contributed by atoms with Crippen LogP contribution in [0.15, 0.2) is 18.2 Å². The summed E-state index contributed by atoms with van der Waals surface area (Å²) in [5, 5.41) is 14.0. The first-order chi connectivity index (χ1) is 9.56. The van der Waals surface area contributed by atoms with Crippen LogP contribution in [0.5, 0.6) is 5.75 Å². The molecule has 8 heteroatoms. The van der Waals surface area contributed by atoms with E-state index in [0.29, 0.717) is 24.7 Å². The second kappa shape index (κ2) is 7.24. The molecule has 1 N–H and O–H groups in total. The van der Waals surface area contributed by atoms with Crippen LogP contribution < -0.4 is 10.1 Å². The number of nitrogens with one attached hydrogen (secondary N) is 1. The Morgan fingerprint density at radius 2 is 2.24 bits per heavy atom. The van der Waals surface area contributed by atoms with Gasteiger partial charge in [0.2, 0.25) is 0 Å². The molecule has 1 aromatic carbocycles. The molecule has 1 aromatic rings. The Hall–Kier alpha value is -1.86. The zero-order valence-corrected chi connectivity index (χ0v) is 12.7. The number of benzene rings is 1. The number of hydrogen-bond donors (Lipinski definition) is 1. The summed E-state index contributed by atoms with van der Waals surface area (Å²) in [7, 11) is 3.22. The molecule has 0 spiro atoms. The summed E-state index contributed by atoms with van der Waals surface area (Å²) >= 11 is 0. The third-order valence-electron chi connectivity index (χ3n) is 3.51. The molecule has 0 radical (unpaired) electrons. The predicted octanol–water partition coefficient (Wildman–Crippen LogP) is 1.46. The lowest BCUT2D eigenvalue weighted by molar-refractivity contribution is -0.385. The summed E-state index contributed by atoms with van der Waals surface area (Å²) in [4.78, 5) is 24.4. The molecule has 1 heterocycles. The number of halogens is 1. The number of carbonyl (C=O) groups excluding carboxylic acids is 1. The number of nitrogens with zero attached hydrogens (tertiary/aromatic N) is 2. The van der Waals surface area contributed by atoms with Crippen LogP contribution in [0.1, 0.15) is 16.8 Å². The van der Waals surface area contributed by atoms with Crippen molar-refractivity contribution in [2.24, 2.45) is 0 Å². The third kappa shape index (κ3) is 3.62. The number of nitro groups is 1. The maximum absolute atomic E-state index is 12.3. The Balaban J connectivity index is 0.00000220. The lowest BCUT2D eigenvalue weighted by Gasteiger charge is -2.16. The number of amides is 1. The Bertz CT molecular complexity index is 538. The standard InChI is InChI=1S/C13H17N3O4.ClH/c1-14-10-5-6-15(8-10)13(17)9-3-4-11(16(18)19)12(7-9)20-2;/h3-4,7,10,14H,5-6,8H2,1-2H3;1H. The van der Waals surface area contributed by atoms with Crippen molar-refractivity contribution < 1.29 is 14.5 Å². The van der Waals surface area contributed by atoms with E-state index in [0.717, 1.165) is 6.42 Å². The largest absolute Gasteiger partial charge is 0.490 e. The number of hydrogen-bond acceptors (Lipinski definition) is 5. The van der Waals surface area contributed by atoms with Gasteiger partial charge in [-0.1, -0.05) is 0 Å². The van der Waals surface area contributed by atoms with Gasteiger partial charge in [0.05, 0.1) is 12.0 Å². The smallest absolute Gasteiger partial charge is 0.310 e. The van der Waals surface area contributed by atoms with E-state index in [9.17, 15) is 14.9 Å². The van der Waals surface area contributed by atoms with Crippen molar-refractivity contribution in [2.75, 3.05) is 27.2 Å². The van der Waals surface area contributed by atoms with Gasteiger partial charge in [-0.15, -0.1) is 12.4 Å². The first-order valence-corrected chi connectivity index (χ1v) is 6.35. The van der Waals surface area contributed by atoms with Crippen molar-refractivity contribution >= 4 is 24.0 Å². The van der Waals surface area contributed by atoms with Crippen molar-refractivity contribution in [3.05, 3.63) is 33.9 Å². The maximum Gasteiger partial charge on any atom is 0.310 e. The van der Waals surface area contributed by atoms with E-state index in [1.165, 1.54) is 25.3 Å². The molecule has 7 nitrogen and oxygen atoms in total. The molecule has 1 atom stereocenters. The molecular weight excluding hydrogens is 298 g/mol. The van der Waals surface area contributed by atoms with Crippen molar-refractivity contribution in [1.29, 1.82) is 0 Å². The molecule has 0 saturated carbocycles. The SMILES string of the molecule is CNC1CCN(C(=O)c2ccc([N+](=O)[O-])c(OC)c2)C1.Cl. The fraction of sp³-hybridized carbons (Fsp3) is 0.462.